The van der Waals surface area contributed by atoms with Crippen LogP contribution in [0.4, 0.5) is 5.82 Å². The maximum absolute atomic E-state index is 12.2. The second-order valence-electron chi connectivity index (χ2n) is 4.47. The summed E-state index contributed by atoms with van der Waals surface area (Å²) in [5, 5.41) is 9.92. The number of H-pyrrole nitrogens is 1. The monoisotopic (exact) mass is 293 g/mol. The van der Waals surface area contributed by atoms with Crippen LogP contribution in [0.25, 0.3) is 0 Å². The quantitative estimate of drug-likeness (QED) is 0.892. The number of fused-ring (bicyclic) bond motifs is 1. The van der Waals surface area contributed by atoms with Crippen molar-refractivity contribution in [1.82, 2.24) is 10.2 Å². The Bertz CT molecular complexity index is 696. The smallest absolute Gasteiger partial charge is 0.257 e. The zero-order valence-electron chi connectivity index (χ0n) is 10.9. The normalized spacial score (nSPS) is 12.6. The first-order valence-corrected chi connectivity index (χ1v) is 6.36. The van der Waals surface area contributed by atoms with Crippen molar-refractivity contribution < 1.29 is 14.3 Å². The van der Waals surface area contributed by atoms with Gasteiger partial charge in [0.05, 0.1) is 5.02 Å². The molecule has 0 saturated heterocycles. The number of ether oxygens (including phenoxy) is 2. The first kappa shape index (κ1) is 12.8. The molecule has 1 aromatic heterocycles. The summed E-state index contributed by atoms with van der Waals surface area (Å²) in [6, 6.07) is 3.14. The molecule has 0 bridgehead atoms. The minimum Gasteiger partial charge on any atom is -0.454 e. The van der Waals surface area contributed by atoms with Gasteiger partial charge in [-0.1, -0.05) is 11.6 Å². The van der Waals surface area contributed by atoms with Gasteiger partial charge in [0.25, 0.3) is 5.91 Å². The summed E-state index contributed by atoms with van der Waals surface area (Å²) < 4.78 is 10.4. The van der Waals surface area contributed by atoms with Gasteiger partial charge in [0.15, 0.2) is 17.3 Å². The van der Waals surface area contributed by atoms with Crippen LogP contribution >= 0.6 is 11.6 Å². The average molecular weight is 294 g/mol. The number of aromatic nitrogens is 2. The number of hydrogen-bond donors (Lipinski definition) is 2. The van der Waals surface area contributed by atoms with E-state index in [2.05, 4.69) is 15.5 Å². The van der Waals surface area contributed by atoms with E-state index in [9.17, 15) is 4.79 Å². The standard InChI is InChI=1S/C13H12ClN3O3/c1-6-7(2)16-17-12(6)15-13(18)8-3-9(14)11-10(4-8)19-5-20-11/h3-4H,5H2,1-2H3,(H2,15,16,17,18). The Kier molecular flexibility index (Phi) is 3.02. The molecule has 0 spiro atoms. The van der Waals surface area contributed by atoms with Gasteiger partial charge in [-0.25, -0.2) is 0 Å². The van der Waals surface area contributed by atoms with Crippen molar-refractivity contribution in [1.29, 1.82) is 0 Å². The number of aryl methyl sites for hydroxylation is 1. The van der Waals surface area contributed by atoms with E-state index in [0.717, 1.165) is 11.3 Å². The second-order valence-corrected chi connectivity index (χ2v) is 4.88. The van der Waals surface area contributed by atoms with Gasteiger partial charge in [0.1, 0.15) is 0 Å². The highest BCUT2D eigenvalue weighted by Gasteiger charge is 2.21. The number of anilines is 1. The van der Waals surface area contributed by atoms with Crippen molar-refractivity contribution in [3.05, 3.63) is 34.0 Å². The summed E-state index contributed by atoms with van der Waals surface area (Å²) in [6.07, 6.45) is 0. The van der Waals surface area contributed by atoms with Crippen molar-refractivity contribution in [2.45, 2.75) is 13.8 Å². The van der Waals surface area contributed by atoms with E-state index >= 15 is 0 Å². The van der Waals surface area contributed by atoms with Crippen molar-refractivity contribution >= 4 is 23.3 Å². The van der Waals surface area contributed by atoms with Gasteiger partial charge in [0.2, 0.25) is 6.79 Å². The molecule has 20 heavy (non-hydrogen) atoms. The molecule has 2 N–H and O–H groups in total. The van der Waals surface area contributed by atoms with E-state index in [1.807, 2.05) is 13.8 Å². The number of carbonyl (C=O) groups is 1. The maximum atomic E-state index is 12.2. The molecule has 1 aliphatic rings. The van der Waals surface area contributed by atoms with Crippen LogP contribution in [-0.2, 0) is 0 Å². The Balaban J connectivity index is 1.88. The van der Waals surface area contributed by atoms with Gasteiger partial charge in [0, 0.05) is 16.8 Å². The topological polar surface area (TPSA) is 76.2 Å². The second kappa shape index (κ2) is 4.72. The van der Waals surface area contributed by atoms with Crippen molar-refractivity contribution in [2.75, 3.05) is 12.1 Å². The zero-order chi connectivity index (χ0) is 14.3. The number of carbonyl (C=O) groups excluding carboxylic acids is 1. The number of aromatic amines is 1. The number of hydrogen-bond acceptors (Lipinski definition) is 4. The number of nitrogens with zero attached hydrogens (tertiary/aromatic N) is 1. The molecule has 0 saturated carbocycles. The van der Waals surface area contributed by atoms with Crippen LogP contribution in [-0.4, -0.2) is 22.9 Å². The van der Waals surface area contributed by atoms with Gasteiger partial charge in [-0.3, -0.25) is 9.89 Å². The molecule has 0 aliphatic carbocycles. The Morgan fingerprint density at radius 2 is 2.20 bits per heavy atom. The Labute approximate surface area is 120 Å². The van der Waals surface area contributed by atoms with E-state index in [0.29, 0.717) is 27.9 Å². The fourth-order valence-electron chi connectivity index (χ4n) is 1.88. The highest BCUT2D eigenvalue weighted by Crippen LogP contribution is 2.39. The summed E-state index contributed by atoms with van der Waals surface area (Å²) in [7, 11) is 0. The lowest BCUT2D eigenvalue weighted by Crippen LogP contribution is -2.13. The molecule has 0 radical (unpaired) electrons. The minimum atomic E-state index is -0.306. The third-order valence-corrected chi connectivity index (χ3v) is 3.46. The van der Waals surface area contributed by atoms with Crippen LogP contribution in [0.15, 0.2) is 12.1 Å². The van der Waals surface area contributed by atoms with Crippen molar-refractivity contribution in [2.24, 2.45) is 0 Å². The van der Waals surface area contributed by atoms with Gasteiger partial charge in [-0.05, 0) is 26.0 Å². The number of benzene rings is 1. The molecule has 2 aromatic rings. The molecule has 0 unspecified atom stereocenters. The lowest BCUT2D eigenvalue weighted by molar-refractivity contribution is 0.102. The summed E-state index contributed by atoms with van der Waals surface area (Å²) in [6.45, 7) is 3.87. The minimum absolute atomic E-state index is 0.109. The first-order valence-electron chi connectivity index (χ1n) is 5.98. The number of halogens is 1. The molecule has 0 fully saturated rings. The highest BCUT2D eigenvalue weighted by atomic mass is 35.5. The number of nitrogens with one attached hydrogen (secondary N) is 2. The van der Waals surface area contributed by atoms with Crippen LogP contribution in [0.1, 0.15) is 21.6 Å². The Morgan fingerprint density at radius 1 is 1.40 bits per heavy atom. The molecule has 104 valence electrons. The van der Waals surface area contributed by atoms with E-state index in [-0.39, 0.29) is 12.7 Å². The van der Waals surface area contributed by atoms with Crippen LogP contribution < -0.4 is 14.8 Å². The molecule has 1 aromatic carbocycles. The Hall–Kier alpha value is -2.21. The molecule has 6 nitrogen and oxygen atoms in total. The number of rotatable bonds is 2. The summed E-state index contributed by atoms with van der Waals surface area (Å²) in [5.74, 6) is 1.13. The molecule has 1 amide bonds. The lowest BCUT2D eigenvalue weighted by atomic mass is 10.2. The van der Waals surface area contributed by atoms with Crippen molar-refractivity contribution in [3.63, 3.8) is 0 Å². The summed E-state index contributed by atoms with van der Waals surface area (Å²) in [5.41, 5.74) is 2.19. The van der Waals surface area contributed by atoms with Gasteiger partial charge in [-0.15, -0.1) is 0 Å². The molecule has 0 atom stereocenters. The molecule has 1 aliphatic heterocycles. The first-order chi connectivity index (χ1) is 9.56. The molecule has 2 heterocycles. The third kappa shape index (κ3) is 2.08. The molecular formula is C13H12ClN3O3. The van der Waals surface area contributed by atoms with Crippen molar-refractivity contribution in [3.8, 4) is 11.5 Å². The van der Waals surface area contributed by atoms with E-state index < -0.39 is 0 Å². The maximum Gasteiger partial charge on any atom is 0.257 e. The predicted molar refractivity (Wildman–Crippen MR) is 73.6 cm³/mol. The SMILES string of the molecule is Cc1[nH]nc(NC(=O)c2cc(Cl)c3c(c2)OCO3)c1C. The highest BCUT2D eigenvalue weighted by molar-refractivity contribution is 6.32. The summed E-state index contributed by atoms with van der Waals surface area (Å²) >= 11 is 6.05. The largest absolute Gasteiger partial charge is 0.454 e. The van der Waals surface area contributed by atoms with Gasteiger partial charge >= 0.3 is 0 Å². The van der Waals surface area contributed by atoms with Crippen LogP contribution in [0.2, 0.25) is 5.02 Å². The van der Waals surface area contributed by atoms with Gasteiger partial charge in [-0.2, -0.15) is 5.10 Å². The fraction of sp³-hybridized carbons (Fsp3) is 0.231. The van der Waals surface area contributed by atoms with Crippen LogP contribution in [0.3, 0.4) is 0 Å². The fourth-order valence-corrected chi connectivity index (χ4v) is 2.15. The van der Waals surface area contributed by atoms with Gasteiger partial charge < -0.3 is 14.8 Å². The third-order valence-electron chi connectivity index (χ3n) is 3.17. The Morgan fingerprint density at radius 3 is 2.90 bits per heavy atom. The zero-order valence-corrected chi connectivity index (χ0v) is 11.7. The van der Waals surface area contributed by atoms with Crippen LogP contribution in [0.5, 0.6) is 11.5 Å². The predicted octanol–water partition coefficient (Wildman–Crippen LogP) is 2.66. The molecule has 7 heteroatoms. The lowest BCUT2D eigenvalue weighted by Gasteiger charge is -2.06. The van der Waals surface area contributed by atoms with E-state index in [4.69, 9.17) is 21.1 Å². The molecule has 3 rings (SSSR count). The average Bonchev–Trinajstić information content (AvgIpc) is 3.01. The van der Waals surface area contributed by atoms with E-state index in [1.165, 1.54) is 0 Å². The van der Waals surface area contributed by atoms with E-state index in [1.54, 1.807) is 12.1 Å². The number of amides is 1. The molecular weight excluding hydrogens is 282 g/mol. The summed E-state index contributed by atoms with van der Waals surface area (Å²) in [4.78, 5) is 12.2. The van der Waals surface area contributed by atoms with Crippen LogP contribution in [0, 0.1) is 13.8 Å².